The van der Waals surface area contributed by atoms with Crippen molar-refractivity contribution in [2.45, 2.75) is 5.92 Å². The number of esters is 1. The Morgan fingerprint density at radius 1 is 1.19 bits per heavy atom. The molecule has 0 N–H and O–H groups in total. The molecule has 1 atom stereocenters. The second-order valence-corrected chi connectivity index (χ2v) is 3.42. The molecule has 0 radical (unpaired) electrons. The molecule has 0 aliphatic carbocycles. The third-order valence-electron chi connectivity index (χ3n) is 2.45. The Kier molecular flexibility index (Phi) is 3.05. The van der Waals surface area contributed by atoms with Crippen molar-refractivity contribution in [3.05, 3.63) is 60.1 Å². The fourth-order valence-corrected chi connectivity index (χ4v) is 1.67. The molecule has 0 saturated heterocycles. The predicted octanol–water partition coefficient (Wildman–Crippen LogP) is 2.58. The van der Waals surface area contributed by atoms with Crippen LogP contribution >= 0.6 is 0 Å². The van der Waals surface area contributed by atoms with Crippen LogP contribution in [0.25, 0.3) is 0 Å². The van der Waals surface area contributed by atoms with Crippen molar-refractivity contribution < 1.29 is 13.9 Å². The van der Waals surface area contributed by atoms with Gasteiger partial charge in [0.25, 0.3) is 0 Å². The number of carbonyl (C=O) groups excluding carboxylic acids is 1. The second kappa shape index (κ2) is 4.66. The molecule has 82 valence electrons. The zero-order valence-corrected chi connectivity index (χ0v) is 8.92. The van der Waals surface area contributed by atoms with Crippen LogP contribution < -0.4 is 0 Å². The molecule has 1 aromatic heterocycles. The minimum absolute atomic E-state index is 0.285. The summed E-state index contributed by atoms with van der Waals surface area (Å²) in [4.78, 5) is 11.7. The molecule has 1 aromatic carbocycles. The molecule has 0 aliphatic rings. The van der Waals surface area contributed by atoms with E-state index in [0.29, 0.717) is 0 Å². The van der Waals surface area contributed by atoms with Gasteiger partial charge in [-0.1, -0.05) is 30.3 Å². The monoisotopic (exact) mass is 216 g/mol. The second-order valence-electron chi connectivity index (χ2n) is 3.42. The third kappa shape index (κ3) is 1.98. The van der Waals surface area contributed by atoms with Crippen LogP contribution in [0.15, 0.2) is 53.3 Å². The van der Waals surface area contributed by atoms with Gasteiger partial charge in [0, 0.05) is 5.56 Å². The first-order chi connectivity index (χ1) is 7.83. The van der Waals surface area contributed by atoms with Crippen LogP contribution in [0.1, 0.15) is 17.0 Å². The van der Waals surface area contributed by atoms with E-state index in [4.69, 9.17) is 9.15 Å². The SMILES string of the molecule is COC(=O)C(c1ccccc1)c1ccoc1. The Hall–Kier alpha value is -2.03. The Morgan fingerprint density at radius 3 is 2.50 bits per heavy atom. The Labute approximate surface area is 93.7 Å². The van der Waals surface area contributed by atoms with E-state index in [9.17, 15) is 4.79 Å². The maximum absolute atomic E-state index is 11.7. The van der Waals surface area contributed by atoms with Gasteiger partial charge in [0.15, 0.2) is 0 Å². The number of methoxy groups -OCH3 is 1. The first-order valence-electron chi connectivity index (χ1n) is 4.98. The number of hydrogen-bond donors (Lipinski definition) is 0. The van der Waals surface area contributed by atoms with Gasteiger partial charge in [-0.15, -0.1) is 0 Å². The maximum atomic E-state index is 11.7. The van der Waals surface area contributed by atoms with Gasteiger partial charge in [0.2, 0.25) is 0 Å². The molecule has 2 aromatic rings. The molecule has 3 heteroatoms. The number of furan rings is 1. The average molecular weight is 216 g/mol. The molecule has 0 saturated carbocycles. The lowest BCUT2D eigenvalue weighted by Crippen LogP contribution is -2.14. The predicted molar refractivity (Wildman–Crippen MR) is 59.0 cm³/mol. The quantitative estimate of drug-likeness (QED) is 0.740. The van der Waals surface area contributed by atoms with E-state index in [-0.39, 0.29) is 5.97 Å². The zero-order chi connectivity index (χ0) is 11.4. The van der Waals surface area contributed by atoms with Gasteiger partial charge in [-0.05, 0) is 11.6 Å². The van der Waals surface area contributed by atoms with E-state index in [1.54, 1.807) is 18.6 Å². The standard InChI is InChI=1S/C13H12O3/c1-15-13(14)12(11-7-8-16-9-11)10-5-3-2-4-6-10/h2-9,12H,1H3. The highest BCUT2D eigenvalue weighted by molar-refractivity contribution is 5.81. The van der Waals surface area contributed by atoms with Crippen molar-refractivity contribution in [1.29, 1.82) is 0 Å². The fraction of sp³-hybridized carbons (Fsp3) is 0.154. The van der Waals surface area contributed by atoms with E-state index in [1.807, 2.05) is 30.3 Å². The Morgan fingerprint density at radius 2 is 1.94 bits per heavy atom. The molecular formula is C13H12O3. The highest BCUT2D eigenvalue weighted by Crippen LogP contribution is 2.25. The summed E-state index contributed by atoms with van der Waals surface area (Å²) >= 11 is 0. The lowest BCUT2D eigenvalue weighted by Gasteiger charge is -2.12. The summed E-state index contributed by atoms with van der Waals surface area (Å²) in [7, 11) is 1.39. The largest absolute Gasteiger partial charge is 0.472 e. The van der Waals surface area contributed by atoms with E-state index in [0.717, 1.165) is 11.1 Å². The van der Waals surface area contributed by atoms with E-state index in [1.165, 1.54) is 7.11 Å². The molecule has 3 nitrogen and oxygen atoms in total. The zero-order valence-electron chi connectivity index (χ0n) is 8.92. The van der Waals surface area contributed by atoms with E-state index < -0.39 is 5.92 Å². The van der Waals surface area contributed by atoms with Crippen LogP contribution in [-0.4, -0.2) is 13.1 Å². The number of benzene rings is 1. The summed E-state index contributed by atoms with van der Waals surface area (Å²) in [6.07, 6.45) is 3.11. The van der Waals surface area contributed by atoms with Gasteiger partial charge >= 0.3 is 5.97 Å². The minimum atomic E-state index is -0.412. The molecule has 0 spiro atoms. The fourth-order valence-electron chi connectivity index (χ4n) is 1.67. The lowest BCUT2D eigenvalue weighted by atomic mass is 9.93. The van der Waals surface area contributed by atoms with Gasteiger partial charge in [0.05, 0.1) is 19.6 Å². The maximum Gasteiger partial charge on any atom is 0.317 e. The summed E-state index contributed by atoms with van der Waals surface area (Å²) in [5.74, 6) is -0.697. The van der Waals surface area contributed by atoms with Crippen molar-refractivity contribution in [3.63, 3.8) is 0 Å². The molecule has 2 rings (SSSR count). The van der Waals surface area contributed by atoms with Crippen molar-refractivity contribution in [3.8, 4) is 0 Å². The summed E-state index contributed by atoms with van der Waals surface area (Å²) in [6.45, 7) is 0. The Bertz CT molecular complexity index is 445. The van der Waals surface area contributed by atoms with Crippen LogP contribution in [0, 0.1) is 0 Å². The van der Waals surface area contributed by atoms with Gasteiger partial charge in [-0.3, -0.25) is 4.79 Å². The average Bonchev–Trinajstić information content (AvgIpc) is 2.84. The lowest BCUT2D eigenvalue weighted by molar-refractivity contribution is -0.141. The highest BCUT2D eigenvalue weighted by atomic mass is 16.5. The van der Waals surface area contributed by atoms with Crippen LogP contribution in [0.2, 0.25) is 0 Å². The number of hydrogen-bond acceptors (Lipinski definition) is 3. The molecule has 1 heterocycles. The van der Waals surface area contributed by atoms with Gasteiger partial charge in [-0.2, -0.15) is 0 Å². The number of carbonyl (C=O) groups is 1. The molecule has 0 bridgehead atoms. The van der Waals surface area contributed by atoms with Crippen molar-refractivity contribution in [1.82, 2.24) is 0 Å². The molecule has 0 amide bonds. The molecule has 0 fully saturated rings. The van der Waals surface area contributed by atoms with Gasteiger partial charge < -0.3 is 9.15 Å². The summed E-state index contributed by atoms with van der Waals surface area (Å²) < 4.78 is 9.81. The topological polar surface area (TPSA) is 39.4 Å². The first kappa shape index (κ1) is 10.5. The van der Waals surface area contributed by atoms with E-state index >= 15 is 0 Å². The normalized spacial score (nSPS) is 12.1. The molecule has 16 heavy (non-hydrogen) atoms. The van der Waals surface area contributed by atoms with Gasteiger partial charge in [-0.25, -0.2) is 0 Å². The molecule has 0 aliphatic heterocycles. The Balaban J connectivity index is 2.40. The number of rotatable bonds is 3. The molecular weight excluding hydrogens is 204 g/mol. The third-order valence-corrected chi connectivity index (χ3v) is 2.45. The summed E-state index contributed by atoms with van der Waals surface area (Å²) in [5, 5.41) is 0. The van der Waals surface area contributed by atoms with Crippen molar-refractivity contribution in [2.24, 2.45) is 0 Å². The minimum Gasteiger partial charge on any atom is -0.472 e. The number of ether oxygens (including phenoxy) is 1. The van der Waals surface area contributed by atoms with Crippen LogP contribution in [0.5, 0.6) is 0 Å². The first-order valence-corrected chi connectivity index (χ1v) is 4.98. The van der Waals surface area contributed by atoms with E-state index in [2.05, 4.69) is 0 Å². The van der Waals surface area contributed by atoms with Crippen LogP contribution in [-0.2, 0) is 9.53 Å². The summed E-state index contributed by atoms with van der Waals surface area (Å²) in [5.41, 5.74) is 1.70. The van der Waals surface area contributed by atoms with Crippen LogP contribution in [0.3, 0.4) is 0 Å². The van der Waals surface area contributed by atoms with Crippen LogP contribution in [0.4, 0.5) is 0 Å². The van der Waals surface area contributed by atoms with Gasteiger partial charge in [0.1, 0.15) is 5.92 Å². The highest BCUT2D eigenvalue weighted by Gasteiger charge is 2.24. The van der Waals surface area contributed by atoms with Crippen molar-refractivity contribution >= 4 is 5.97 Å². The van der Waals surface area contributed by atoms with Crippen molar-refractivity contribution in [2.75, 3.05) is 7.11 Å². The smallest absolute Gasteiger partial charge is 0.317 e. The summed E-state index contributed by atoms with van der Waals surface area (Å²) in [6, 6.07) is 11.3. The molecule has 1 unspecified atom stereocenters.